The van der Waals surface area contributed by atoms with Gasteiger partial charge in [0.05, 0.1) is 6.61 Å². The van der Waals surface area contributed by atoms with Crippen LogP contribution in [0.3, 0.4) is 0 Å². The Morgan fingerprint density at radius 3 is 2.56 bits per heavy atom. The Hall–Kier alpha value is -2.26. The zero-order valence-corrected chi connectivity index (χ0v) is 15.8. The van der Waals surface area contributed by atoms with Crippen LogP contribution in [-0.4, -0.2) is 66.0 Å². The molecule has 0 amide bonds. The van der Waals surface area contributed by atoms with Crippen molar-refractivity contribution in [3.63, 3.8) is 0 Å². The van der Waals surface area contributed by atoms with Crippen LogP contribution >= 0.6 is 0 Å². The van der Waals surface area contributed by atoms with Crippen molar-refractivity contribution in [3.8, 4) is 0 Å². The fraction of sp³-hybridized carbons (Fsp3) is 0.667. The number of nitrogens with zero attached hydrogens (tertiary/aromatic N) is 6. The van der Waals surface area contributed by atoms with Crippen molar-refractivity contribution in [1.82, 2.24) is 20.1 Å². The van der Waals surface area contributed by atoms with E-state index >= 15 is 0 Å². The molecule has 2 fully saturated rings. The molecule has 2 saturated heterocycles. The van der Waals surface area contributed by atoms with E-state index in [1.54, 1.807) is 7.11 Å². The van der Waals surface area contributed by atoms with Crippen LogP contribution in [0, 0.1) is 0 Å². The lowest BCUT2D eigenvalue weighted by molar-refractivity contribution is 0.199. The first-order valence-electron chi connectivity index (χ1n) is 9.62. The summed E-state index contributed by atoms with van der Waals surface area (Å²) in [5.41, 5.74) is 7.17. The molecule has 0 radical (unpaired) electrons. The molecule has 9 heteroatoms. The van der Waals surface area contributed by atoms with Gasteiger partial charge < -0.3 is 24.8 Å². The monoisotopic (exact) mass is 373 g/mol. The van der Waals surface area contributed by atoms with Crippen LogP contribution in [0.4, 0.5) is 12.0 Å². The molecule has 0 spiro atoms. The summed E-state index contributed by atoms with van der Waals surface area (Å²) in [7, 11) is 1.67. The topological polar surface area (TPSA) is 106 Å². The lowest BCUT2D eigenvalue weighted by Gasteiger charge is -2.30. The number of hydrogen-bond acceptors (Lipinski definition) is 9. The Balaban J connectivity index is 1.31. The molecule has 146 valence electrons. The van der Waals surface area contributed by atoms with Gasteiger partial charge in [-0.1, -0.05) is 5.16 Å². The number of ether oxygens (including phenoxy) is 1. The molecule has 4 rings (SSSR count). The van der Waals surface area contributed by atoms with Crippen molar-refractivity contribution in [2.24, 2.45) is 5.73 Å². The second-order valence-corrected chi connectivity index (χ2v) is 7.31. The summed E-state index contributed by atoms with van der Waals surface area (Å²) < 4.78 is 10.4. The molecule has 0 aromatic carbocycles. The summed E-state index contributed by atoms with van der Waals surface area (Å²) in [5.74, 6) is 1.95. The van der Waals surface area contributed by atoms with Gasteiger partial charge in [-0.05, 0) is 30.7 Å². The van der Waals surface area contributed by atoms with Crippen molar-refractivity contribution >= 4 is 12.0 Å². The Kier molecular flexibility index (Phi) is 5.49. The smallest absolute Gasteiger partial charge is 0.324 e. The molecule has 2 aromatic heterocycles. The number of aromatic nitrogens is 4. The van der Waals surface area contributed by atoms with Gasteiger partial charge in [-0.3, -0.25) is 0 Å². The molecule has 9 nitrogen and oxygen atoms in total. The van der Waals surface area contributed by atoms with Crippen molar-refractivity contribution in [2.75, 3.05) is 49.7 Å². The summed E-state index contributed by atoms with van der Waals surface area (Å²) in [5, 5.41) is 4.02. The Morgan fingerprint density at radius 1 is 1.15 bits per heavy atom. The van der Waals surface area contributed by atoms with E-state index in [0.717, 1.165) is 51.4 Å². The summed E-state index contributed by atoms with van der Waals surface area (Å²) in [6.45, 7) is 4.16. The van der Waals surface area contributed by atoms with E-state index < -0.39 is 0 Å². The molecule has 2 aliphatic rings. The van der Waals surface area contributed by atoms with Crippen LogP contribution < -0.4 is 15.5 Å². The first kappa shape index (κ1) is 18.1. The predicted octanol–water partition coefficient (Wildman–Crippen LogP) is 0.970. The van der Waals surface area contributed by atoms with Gasteiger partial charge in [0.1, 0.15) is 0 Å². The Labute approximate surface area is 158 Å². The SMILES string of the molecule is COCCc1noc(N2CCC(c3cnc(N4CCC(N)C4)nc3)CC2)n1. The van der Waals surface area contributed by atoms with Crippen LogP contribution in [0.1, 0.15) is 36.6 Å². The van der Waals surface area contributed by atoms with Crippen molar-refractivity contribution < 1.29 is 9.26 Å². The maximum Gasteiger partial charge on any atom is 0.324 e. The predicted molar refractivity (Wildman–Crippen MR) is 101 cm³/mol. The van der Waals surface area contributed by atoms with Crippen LogP contribution in [0.25, 0.3) is 0 Å². The average molecular weight is 373 g/mol. The fourth-order valence-electron chi connectivity index (χ4n) is 3.75. The molecule has 0 bridgehead atoms. The highest BCUT2D eigenvalue weighted by atomic mass is 16.5. The lowest BCUT2D eigenvalue weighted by atomic mass is 9.91. The summed E-state index contributed by atoms with van der Waals surface area (Å²) >= 11 is 0. The second kappa shape index (κ2) is 8.18. The highest BCUT2D eigenvalue weighted by Crippen LogP contribution is 2.29. The van der Waals surface area contributed by atoms with Crippen LogP contribution in [0.5, 0.6) is 0 Å². The standard InChI is InChI=1S/C18H27N7O2/c1-26-9-5-16-22-18(27-23-16)24-6-2-13(3-7-24)14-10-20-17(21-11-14)25-8-4-15(19)12-25/h10-11,13,15H,2-9,12,19H2,1H3. The number of piperidine rings is 1. The molecule has 2 aromatic rings. The minimum atomic E-state index is 0.234. The van der Waals surface area contributed by atoms with E-state index in [0.29, 0.717) is 30.8 Å². The normalized spacial score (nSPS) is 21.2. The molecular weight excluding hydrogens is 346 g/mol. The van der Waals surface area contributed by atoms with Gasteiger partial charge in [0.2, 0.25) is 5.95 Å². The first-order valence-corrected chi connectivity index (χ1v) is 9.62. The molecule has 0 aliphatic carbocycles. The second-order valence-electron chi connectivity index (χ2n) is 7.31. The molecule has 0 saturated carbocycles. The van der Waals surface area contributed by atoms with Crippen molar-refractivity contribution in [2.45, 2.75) is 37.6 Å². The molecule has 1 atom stereocenters. The number of nitrogens with two attached hydrogens (primary N) is 1. The molecule has 4 heterocycles. The highest BCUT2D eigenvalue weighted by Gasteiger charge is 2.25. The van der Waals surface area contributed by atoms with Gasteiger partial charge >= 0.3 is 6.01 Å². The fourth-order valence-corrected chi connectivity index (χ4v) is 3.75. The lowest BCUT2D eigenvalue weighted by Crippen LogP contribution is -2.33. The maximum atomic E-state index is 5.97. The van der Waals surface area contributed by atoms with E-state index in [1.807, 2.05) is 12.4 Å². The number of anilines is 2. The zero-order chi connectivity index (χ0) is 18.6. The van der Waals surface area contributed by atoms with E-state index in [2.05, 4.69) is 29.9 Å². The zero-order valence-electron chi connectivity index (χ0n) is 15.8. The van der Waals surface area contributed by atoms with Gasteiger partial charge in [-0.2, -0.15) is 4.98 Å². The molecule has 2 N–H and O–H groups in total. The number of rotatable bonds is 6. The Bertz CT molecular complexity index is 728. The quantitative estimate of drug-likeness (QED) is 0.792. The van der Waals surface area contributed by atoms with E-state index in [1.165, 1.54) is 5.56 Å². The van der Waals surface area contributed by atoms with E-state index in [-0.39, 0.29) is 6.04 Å². The Morgan fingerprint density at radius 2 is 1.89 bits per heavy atom. The van der Waals surface area contributed by atoms with Gasteiger partial charge in [0.25, 0.3) is 0 Å². The van der Waals surface area contributed by atoms with E-state index in [4.69, 9.17) is 15.0 Å². The maximum absolute atomic E-state index is 5.97. The van der Waals surface area contributed by atoms with Crippen molar-refractivity contribution in [1.29, 1.82) is 0 Å². The summed E-state index contributed by atoms with van der Waals surface area (Å²) in [6.07, 6.45) is 7.67. The molecule has 1 unspecified atom stereocenters. The van der Waals surface area contributed by atoms with Gasteiger partial charge in [-0.15, -0.1) is 0 Å². The van der Waals surface area contributed by atoms with Crippen LogP contribution in [0.2, 0.25) is 0 Å². The minimum absolute atomic E-state index is 0.234. The third kappa shape index (κ3) is 4.19. The van der Waals surface area contributed by atoms with Crippen LogP contribution in [-0.2, 0) is 11.2 Å². The van der Waals surface area contributed by atoms with Gasteiger partial charge in [0.15, 0.2) is 5.82 Å². The molecule has 27 heavy (non-hydrogen) atoms. The third-order valence-electron chi connectivity index (χ3n) is 5.39. The average Bonchev–Trinajstić information content (AvgIpc) is 3.36. The summed E-state index contributed by atoms with van der Waals surface area (Å²) in [6, 6.07) is 0.842. The third-order valence-corrected chi connectivity index (χ3v) is 5.39. The summed E-state index contributed by atoms with van der Waals surface area (Å²) in [4.78, 5) is 17.9. The van der Waals surface area contributed by atoms with Gasteiger partial charge in [-0.25, -0.2) is 9.97 Å². The van der Waals surface area contributed by atoms with Crippen LogP contribution in [0.15, 0.2) is 16.9 Å². The highest BCUT2D eigenvalue weighted by molar-refractivity contribution is 5.33. The van der Waals surface area contributed by atoms with Crippen molar-refractivity contribution in [3.05, 3.63) is 23.8 Å². The minimum Gasteiger partial charge on any atom is -0.384 e. The largest absolute Gasteiger partial charge is 0.384 e. The molecule has 2 aliphatic heterocycles. The number of hydrogen-bond donors (Lipinski definition) is 1. The first-order chi connectivity index (χ1) is 13.2. The van der Waals surface area contributed by atoms with Gasteiger partial charge in [0, 0.05) is 58.1 Å². The number of methoxy groups -OCH3 is 1. The molecular formula is C18H27N7O2. The van der Waals surface area contributed by atoms with E-state index in [9.17, 15) is 0 Å².